The van der Waals surface area contributed by atoms with Gasteiger partial charge in [0.1, 0.15) is 10.6 Å². The molecule has 146 valence electrons. The van der Waals surface area contributed by atoms with Crippen LogP contribution >= 0.6 is 11.6 Å². The van der Waals surface area contributed by atoms with Gasteiger partial charge < -0.3 is 10.4 Å². The molecule has 0 spiro atoms. The SMILES string of the molecule is CCN(CC)S(=O)(=O)c1cc(NC(=O)CCc2ccccc2O)ccc1Cl. The maximum atomic E-state index is 12.7. The lowest BCUT2D eigenvalue weighted by Gasteiger charge is -2.19. The number of hydrogen-bond acceptors (Lipinski definition) is 4. The molecule has 0 saturated carbocycles. The number of nitrogens with one attached hydrogen (secondary N) is 1. The molecule has 0 saturated heterocycles. The van der Waals surface area contributed by atoms with Crippen LogP contribution < -0.4 is 5.32 Å². The molecule has 0 atom stereocenters. The van der Waals surface area contributed by atoms with Gasteiger partial charge in [-0.05, 0) is 36.2 Å². The van der Waals surface area contributed by atoms with E-state index in [1.165, 1.54) is 16.4 Å². The van der Waals surface area contributed by atoms with E-state index < -0.39 is 10.0 Å². The van der Waals surface area contributed by atoms with Crippen LogP contribution in [0.3, 0.4) is 0 Å². The number of halogens is 1. The van der Waals surface area contributed by atoms with Crippen molar-refractivity contribution in [1.29, 1.82) is 0 Å². The van der Waals surface area contributed by atoms with E-state index in [2.05, 4.69) is 5.32 Å². The summed E-state index contributed by atoms with van der Waals surface area (Å²) in [7, 11) is -3.73. The number of benzene rings is 2. The summed E-state index contributed by atoms with van der Waals surface area (Å²) in [6.45, 7) is 4.15. The summed E-state index contributed by atoms with van der Waals surface area (Å²) in [6.07, 6.45) is 0.523. The number of amides is 1. The number of carbonyl (C=O) groups excluding carboxylic acids is 1. The average Bonchev–Trinajstić information content (AvgIpc) is 2.63. The van der Waals surface area contributed by atoms with Gasteiger partial charge in [-0.15, -0.1) is 0 Å². The minimum Gasteiger partial charge on any atom is -0.508 e. The second-order valence-corrected chi connectivity index (χ2v) is 8.22. The number of carbonyl (C=O) groups is 1. The summed E-state index contributed by atoms with van der Waals surface area (Å²) in [4.78, 5) is 12.2. The minimum absolute atomic E-state index is 0.0358. The van der Waals surface area contributed by atoms with Crippen molar-refractivity contribution in [2.45, 2.75) is 31.6 Å². The highest BCUT2D eigenvalue weighted by Gasteiger charge is 2.24. The standard InChI is InChI=1S/C19H23ClN2O4S/c1-3-22(4-2)27(25,26)18-13-15(10-11-16(18)20)21-19(24)12-9-14-7-5-6-8-17(14)23/h5-8,10-11,13,23H,3-4,9,12H2,1-2H3,(H,21,24). The smallest absolute Gasteiger partial charge is 0.244 e. The molecule has 8 heteroatoms. The lowest BCUT2D eigenvalue weighted by Crippen LogP contribution is -2.30. The molecule has 0 aliphatic heterocycles. The number of anilines is 1. The Kier molecular flexibility index (Phi) is 7.24. The molecule has 0 fully saturated rings. The maximum absolute atomic E-state index is 12.7. The molecule has 0 bridgehead atoms. The van der Waals surface area contributed by atoms with E-state index in [4.69, 9.17) is 11.6 Å². The van der Waals surface area contributed by atoms with E-state index >= 15 is 0 Å². The molecule has 27 heavy (non-hydrogen) atoms. The first-order chi connectivity index (χ1) is 12.8. The van der Waals surface area contributed by atoms with Crippen molar-refractivity contribution < 1.29 is 18.3 Å². The molecule has 0 unspecified atom stereocenters. The quantitative estimate of drug-likeness (QED) is 0.695. The van der Waals surface area contributed by atoms with Crippen molar-refractivity contribution in [1.82, 2.24) is 4.31 Å². The topological polar surface area (TPSA) is 86.7 Å². The van der Waals surface area contributed by atoms with E-state index in [-0.39, 0.29) is 28.0 Å². The molecule has 0 aromatic heterocycles. The maximum Gasteiger partial charge on any atom is 0.244 e. The molecular formula is C19H23ClN2O4S. The number of hydrogen-bond donors (Lipinski definition) is 2. The zero-order valence-electron chi connectivity index (χ0n) is 15.3. The van der Waals surface area contributed by atoms with Crippen LogP contribution in [0.15, 0.2) is 47.4 Å². The van der Waals surface area contributed by atoms with E-state index in [0.29, 0.717) is 30.8 Å². The summed E-state index contributed by atoms with van der Waals surface area (Å²) in [5, 5.41) is 12.5. The van der Waals surface area contributed by atoms with Crippen LogP contribution in [0.1, 0.15) is 25.8 Å². The molecular weight excluding hydrogens is 388 g/mol. The Balaban J connectivity index is 2.13. The van der Waals surface area contributed by atoms with Crippen LogP contribution in [0, 0.1) is 0 Å². The fourth-order valence-electron chi connectivity index (χ4n) is 2.68. The second kappa shape index (κ2) is 9.21. The molecule has 2 aromatic carbocycles. The van der Waals surface area contributed by atoms with Crippen LogP contribution in [0.2, 0.25) is 5.02 Å². The van der Waals surface area contributed by atoms with Gasteiger partial charge in [0.2, 0.25) is 15.9 Å². The predicted molar refractivity (Wildman–Crippen MR) is 107 cm³/mol. The molecule has 6 nitrogen and oxygen atoms in total. The Hall–Kier alpha value is -2.09. The number of phenolic OH excluding ortho intramolecular Hbond substituents is 1. The Morgan fingerprint density at radius 2 is 1.81 bits per heavy atom. The first-order valence-electron chi connectivity index (χ1n) is 8.66. The van der Waals surface area contributed by atoms with Gasteiger partial charge in [-0.1, -0.05) is 43.6 Å². The van der Waals surface area contributed by atoms with Crippen LogP contribution in [-0.4, -0.2) is 36.8 Å². The van der Waals surface area contributed by atoms with Crippen LogP contribution in [0.4, 0.5) is 5.69 Å². The monoisotopic (exact) mass is 410 g/mol. The van der Waals surface area contributed by atoms with Gasteiger partial charge in [0, 0.05) is 25.2 Å². The van der Waals surface area contributed by atoms with Crippen LogP contribution in [0.5, 0.6) is 5.75 Å². The van der Waals surface area contributed by atoms with Gasteiger partial charge in [-0.2, -0.15) is 4.31 Å². The van der Waals surface area contributed by atoms with Gasteiger partial charge in [-0.25, -0.2) is 8.42 Å². The first-order valence-corrected chi connectivity index (χ1v) is 10.5. The highest BCUT2D eigenvalue weighted by molar-refractivity contribution is 7.89. The number of rotatable bonds is 8. The van der Waals surface area contributed by atoms with Crippen LogP contribution in [0.25, 0.3) is 0 Å². The summed E-state index contributed by atoms with van der Waals surface area (Å²) < 4.78 is 26.7. The third-order valence-electron chi connectivity index (χ3n) is 4.15. The van der Waals surface area contributed by atoms with Gasteiger partial charge in [0.15, 0.2) is 0 Å². The third kappa shape index (κ3) is 5.22. The Bertz CT molecular complexity index is 912. The van der Waals surface area contributed by atoms with Gasteiger partial charge in [0.25, 0.3) is 0 Å². The number of phenols is 1. The summed E-state index contributed by atoms with van der Waals surface area (Å²) in [6, 6.07) is 11.2. The normalized spacial score (nSPS) is 11.6. The molecule has 2 rings (SSSR count). The van der Waals surface area contributed by atoms with Crippen molar-refractivity contribution in [3.63, 3.8) is 0 Å². The van der Waals surface area contributed by atoms with Crippen molar-refractivity contribution in [3.8, 4) is 5.75 Å². The third-order valence-corrected chi connectivity index (χ3v) is 6.68. The fraction of sp³-hybridized carbons (Fsp3) is 0.316. The lowest BCUT2D eigenvalue weighted by atomic mass is 10.1. The van der Waals surface area contributed by atoms with Gasteiger partial charge in [0.05, 0.1) is 5.02 Å². The van der Waals surface area contributed by atoms with Crippen molar-refractivity contribution in [2.75, 3.05) is 18.4 Å². The molecule has 0 aliphatic carbocycles. The first kappa shape index (κ1) is 21.2. The Morgan fingerprint density at radius 3 is 2.44 bits per heavy atom. The molecule has 2 N–H and O–H groups in total. The Labute approximate surface area is 164 Å². The number of sulfonamides is 1. The molecule has 0 aliphatic rings. The number of para-hydroxylation sites is 1. The Morgan fingerprint density at radius 1 is 1.15 bits per heavy atom. The van der Waals surface area contributed by atoms with Gasteiger partial charge in [-0.3, -0.25) is 4.79 Å². The highest BCUT2D eigenvalue weighted by atomic mass is 35.5. The lowest BCUT2D eigenvalue weighted by molar-refractivity contribution is -0.116. The summed E-state index contributed by atoms with van der Waals surface area (Å²) >= 11 is 6.09. The highest BCUT2D eigenvalue weighted by Crippen LogP contribution is 2.28. The largest absolute Gasteiger partial charge is 0.508 e. The van der Waals surface area contributed by atoms with E-state index in [1.54, 1.807) is 44.2 Å². The van der Waals surface area contributed by atoms with E-state index in [1.807, 2.05) is 0 Å². The zero-order valence-corrected chi connectivity index (χ0v) is 16.8. The molecule has 0 radical (unpaired) electrons. The van der Waals surface area contributed by atoms with Crippen molar-refractivity contribution in [3.05, 3.63) is 53.1 Å². The minimum atomic E-state index is -3.73. The van der Waals surface area contributed by atoms with E-state index in [9.17, 15) is 18.3 Å². The number of nitrogens with zero attached hydrogens (tertiary/aromatic N) is 1. The second-order valence-electron chi connectivity index (χ2n) is 5.91. The predicted octanol–water partition coefficient (Wildman–Crippen LogP) is 3.65. The van der Waals surface area contributed by atoms with Crippen LogP contribution in [-0.2, 0) is 21.2 Å². The molecule has 2 aromatic rings. The van der Waals surface area contributed by atoms with Gasteiger partial charge >= 0.3 is 0 Å². The number of aromatic hydroxyl groups is 1. The zero-order chi connectivity index (χ0) is 20.0. The fourth-order valence-corrected chi connectivity index (χ4v) is 4.63. The van der Waals surface area contributed by atoms with Crippen molar-refractivity contribution >= 4 is 33.2 Å². The van der Waals surface area contributed by atoms with Crippen molar-refractivity contribution in [2.24, 2.45) is 0 Å². The molecule has 1 amide bonds. The van der Waals surface area contributed by atoms with E-state index in [0.717, 1.165) is 0 Å². The average molecular weight is 411 g/mol. The summed E-state index contributed by atoms with van der Waals surface area (Å²) in [5.74, 6) is -0.142. The number of aryl methyl sites for hydroxylation is 1. The molecule has 0 heterocycles. The summed E-state index contributed by atoms with van der Waals surface area (Å²) in [5.41, 5.74) is 1.03.